The van der Waals surface area contributed by atoms with E-state index >= 15 is 0 Å². The minimum atomic E-state index is -2.27. The van der Waals surface area contributed by atoms with E-state index in [4.69, 9.17) is 18.0 Å². The van der Waals surface area contributed by atoms with Crippen molar-refractivity contribution in [3.63, 3.8) is 0 Å². The number of ether oxygens (including phenoxy) is 1. The van der Waals surface area contributed by atoms with E-state index in [1.54, 1.807) is 0 Å². The van der Waals surface area contributed by atoms with E-state index in [2.05, 4.69) is 102 Å². The molecule has 33 heavy (non-hydrogen) atoms. The van der Waals surface area contributed by atoms with Crippen molar-refractivity contribution >= 4 is 25.0 Å². The smallest absolute Gasteiger partial charge is 0.192 e. The summed E-state index contributed by atoms with van der Waals surface area (Å²) in [6, 6.07) is 0. The highest BCUT2D eigenvalue weighted by Gasteiger charge is 2.55. The van der Waals surface area contributed by atoms with Gasteiger partial charge in [-0.05, 0) is 54.4 Å². The molecule has 0 amide bonds. The molecule has 0 unspecified atom stereocenters. The van der Waals surface area contributed by atoms with E-state index < -0.39 is 55.7 Å². The first-order chi connectivity index (χ1) is 14.4. The predicted octanol–water partition coefficient (Wildman–Crippen LogP) is 5.87. The highest BCUT2D eigenvalue weighted by molar-refractivity contribution is 6.75. The lowest BCUT2D eigenvalue weighted by Crippen LogP contribution is -2.67. The Bertz CT molecular complexity index is 646. The van der Waals surface area contributed by atoms with Crippen molar-refractivity contribution in [1.82, 2.24) is 0 Å². The summed E-state index contributed by atoms with van der Waals surface area (Å²) in [6.45, 7) is 32.6. The van der Waals surface area contributed by atoms with Crippen LogP contribution >= 0.6 is 0 Å². The maximum Gasteiger partial charge on any atom is 0.192 e. The molecule has 0 aromatic carbocycles. The average Bonchev–Trinajstić information content (AvgIpc) is 2.56. The summed E-state index contributed by atoms with van der Waals surface area (Å²) in [5.74, 6) is 0. The van der Waals surface area contributed by atoms with Gasteiger partial charge in [0.2, 0.25) is 0 Å². The second kappa shape index (κ2) is 10.0. The van der Waals surface area contributed by atoms with Crippen molar-refractivity contribution < 1.29 is 28.2 Å². The Labute approximate surface area is 207 Å². The normalized spacial score (nSPS) is 28.8. The van der Waals surface area contributed by atoms with Gasteiger partial charge in [0.25, 0.3) is 0 Å². The Kier molecular flexibility index (Phi) is 9.57. The lowest BCUT2D eigenvalue weighted by molar-refractivity contribution is -0.277. The van der Waals surface area contributed by atoms with E-state index in [0.717, 1.165) is 0 Å². The summed E-state index contributed by atoms with van der Waals surface area (Å²) in [5, 5.41) is 21.2. The van der Waals surface area contributed by atoms with Gasteiger partial charge in [0.1, 0.15) is 24.4 Å². The molecule has 1 rings (SSSR count). The van der Waals surface area contributed by atoms with Gasteiger partial charge in [0.15, 0.2) is 31.2 Å². The molecule has 198 valence electrons. The van der Waals surface area contributed by atoms with E-state index in [1.165, 1.54) is 0 Å². The molecule has 2 N–H and O–H groups in total. The number of hydrogen-bond donors (Lipinski definition) is 2. The first-order valence-electron chi connectivity index (χ1n) is 12.4. The van der Waals surface area contributed by atoms with Crippen molar-refractivity contribution in [3.8, 4) is 0 Å². The molecular weight excluding hydrogens is 469 g/mol. The van der Waals surface area contributed by atoms with Crippen LogP contribution in [-0.2, 0) is 18.0 Å². The molecule has 6 nitrogen and oxygen atoms in total. The Morgan fingerprint density at radius 3 is 1.21 bits per heavy atom. The number of hydrogen-bond acceptors (Lipinski definition) is 6. The molecule has 1 aliphatic heterocycles. The molecule has 1 saturated heterocycles. The fourth-order valence-corrected chi connectivity index (χ4v) is 6.90. The van der Waals surface area contributed by atoms with Crippen LogP contribution in [0.15, 0.2) is 0 Å². The highest BCUT2D eigenvalue weighted by Crippen LogP contribution is 2.45. The second-order valence-electron chi connectivity index (χ2n) is 14.3. The number of rotatable bonds is 7. The highest BCUT2D eigenvalue weighted by atomic mass is 28.4. The molecule has 5 atom stereocenters. The largest absolute Gasteiger partial charge is 0.408 e. The molecular formula is C24H54O6Si3. The number of aliphatic hydroxyl groups excluding tert-OH is 2. The van der Waals surface area contributed by atoms with Crippen LogP contribution < -0.4 is 0 Å². The van der Waals surface area contributed by atoms with Crippen LogP contribution in [0, 0.1) is 0 Å². The lowest BCUT2D eigenvalue weighted by Gasteiger charge is -2.53. The van der Waals surface area contributed by atoms with Crippen LogP contribution in [0.25, 0.3) is 0 Å². The van der Waals surface area contributed by atoms with Crippen LogP contribution in [-0.4, -0.2) is 72.5 Å². The average molecular weight is 523 g/mol. The van der Waals surface area contributed by atoms with E-state index in [1.807, 2.05) is 0 Å². The Balaban J connectivity index is 3.58. The molecule has 0 radical (unpaired) electrons. The second-order valence-corrected chi connectivity index (χ2v) is 28.5. The van der Waals surface area contributed by atoms with Gasteiger partial charge in [-0.3, -0.25) is 0 Å². The zero-order valence-electron chi connectivity index (χ0n) is 24.1. The molecule has 1 fully saturated rings. The van der Waals surface area contributed by atoms with Crippen LogP contribution in [0.5, 0.6) is 0 Å². The Hall–Kier alpha value is 0.411. The van der Waals surface area contributed by atoms with Gasteiger partial charge in [0, 0.05) is 0 Å². The van der Waals surface area contributed by atoms with E-state index in [0.29, 0.717) is 0 Å². The third kappa shape index (κ3) is 7.22. The van der Waals surface area contributed by atoms with Crippen LogP contribution in [0.4, 0.5) is 0 Å². The summed E-state index contributed by atoms with van der Waals surface area (Å²) in [7, 11) is -6.78. The fourth-order valence-electron chi connectivity index (χ4n) is 2.99. The Morgan fingerprint density at radius 1 is 0.606 bits per heavy atom. The predicted molar refractivity (Wildman–Crippen MR) is 144 cm³/mol. The van der Waals surface area contributed by atoms with Crippen LogP contribution in [0.1, 0.15) is 62.3 Å². The maximum atomic E-state index is 11.1. The summed E-state index contributed by atoms with van der Waals surface area (Å²) in [5.41, 5.74) is 0. The van der Waals surface area contributed by atoms with E-state index in [9.17, 15) is 10.2 Å². The van der Waals surface area contributed by atoms with Crippen molar-refractivity contribution in [2.24, 2.45) is 0 Å². The zero-order valence-corrected chi connectivity index (χ0v) is 27.1. The summed E-state index contributed by atoms with van der Waals surface area (Å²) in [6.07, 6.45) is -3.61. The minimum Gasteiger partial charge on any atom is -0.408 e. The third-order valence-electron chi connectivity index (χ3n) is 8.50. The van der Waals surface area contributed by atoms with Crippen molar-refractivity contribution in [2.75, 3.05) is 6.61 Å². The topological polar surface area (TPSA) is 77.4 Å². The molecule has 1 aliphatic rings. The van der Waals surface area contributed by atoms with Crippen molar-refractivity contribution in [1.29, 1.82) is 0 Å². The van der Waals surface area contributed by atoms with Gasteiger partial charge < -0.3 is 28.2 Å². The standard InChI is InChI=1S/C24H54O6Si3/c1-22(2,3)31(10,11)28-18-17(16-25)27-21(26)20(30-33(14,15)24(7,8)9)19(18)29-32(12,13)23(4,5)6/h17-21,25-26H,16H2,1-15H3/t17-,18-,19+,20-,21+/m1/s1. The van der Waals surface area contributed by atoms with Gasteiger partial charge in [-0.2, -0.15) is 0 Å². The molecule has 0 aromatic rings. The molecule has 0 saturated carbocycles. The summed E-state index contributed by atoms with van der Waals surface area (Å²) in [4.78, 5) is 0. The summed E-state index contributed by atoms with van der Waals surface area (Å²) >= 11 is 0. The third-order valence-corrected chi connectivity index (χ3v) is 21.9. The minimum absolute atomic E-state index is 0.0274. The number of aliphatic hydroxyl groups is 2. The maximum absolute atomic E-state index is 11.1. The quantitative estimate of drug-likeness (QED) is 0.407. The van der Waals surface area contributed by atoms with Gasteiger partial charge in [0.05, 0.1) is 6.61 Å². The summed E-state index contributed by atoms with van der Waals surface area (Å²) < 4.78 is 26.6. The Morgan fingerprint density at radius 2 is 0.909 bits per heavy atom. The van der Waals surface area contributed by atoms with Gasteiger partial charge in [-0.1, -0.05) is 62.3 Å². The molecule has 0 spiro atoms. The fraction of sp³-hybridized carbons (Fsp3) is 1.00. The lowest BCUT2D eigenvalue weighted by atomic mass is 9.99. The molecule has 0 aromatic heterocycles. The zero-order chi connectivity index (χ0) is 26.4. The van der Waals surface area contributed by atoms with Crippen LogP contribution in [0.2, 0.25) is 54.4 Å². The molecule has 9 heteroatoms. The van der Waals surface area contributed by atoms with Gasteiger partial charge in [-0.15, -0.1) is 0 Å². The molecule has 0 bridgehead atoms. The van der Waals surface area contributed by atoms with Crippen LogP contribution in [0.3, 0.4) is 0 Å². The monoisotopic (exact) mass is 522 g/mol. The van der Waals surface area contributed by atoms with Crippen molar-refractivity contribution in [2.45, 2.75) is 147 Å². The SMILES string of the molecule is CC(C)(C)[Si](C)(C)O[C@@H]1[C@@H](O[Si](C)(C)C(C)(C)C)[C@@H](O)O[C@H](CO)[C@H]1O[Si](C)(C)C(C)(C)C. The van der Waals surface area contributed by atoms with E-state index in [-0.39, 0.29) is 21.7 Å². The molecule has 1 heterocycles. The van der Waals surface area contributed by atoms with Gasteiger partial charge >= 0.3 is 0 Å². The van der Waals surface area contributed by atoms with Gasteiger partial charge in [-0.25, -0.2) is 0 Å². The van der Waals surface area contributed by atoms with Crippen molar-refractivity contribution in [3.05, 3.63) is 0 Å². The molecule has 0 aliphatic carbocycles. The first kappa shape index (κ1) is 31.4. The first-order valence-corrected chi connectivity index (χ1v) is 21.1.